The van der Waals surface area contributed by atoms with Crippen LogP contribution in [0.3, 0.4) is 0 Å². The van der Waals surface area contributed by atoms with Crippen molar-refractivity contribution in [2.24, 2.45) is 0 Å². The lowest BCUT2D eigenvalue weighted by Gasteiger charge is -2.08. The third-order valence-electron chi connectivity index (χ3n) is 3.00. The van der Waals surface area contributed by atoms with Crippen molar-refractivity contribution in [1.29, 1.82) is 0 Å². The van der Waals surface area contributed by atoms with Crippen LogP contribution < -0.4 is 5.56 Å². The molecule has 98 valence electrons. The van der Waals surface area contributed by atoms with Gasteiger partial charge in [0.05, 0.1) is 18.8 Å². The van der Waals surface area contributed by atoms with E-state index in [1.165, 1.54) is 23.2 Å². The van der Waals surface area contributed by atoms with E-state index in [2.05, 4.69) is 4.98 Å². The fourth-order valence-electron chi connectivity index (χ4n) is 1.75. The molecule has 1 heterocycles. The Bertz CT molecular complexity index is 632. The molecule has 0 saturated carbocycles. The molecule has 2 aromatic rings. The van der Waals surface area contributed by atoms with E-state index in [0.717, 1.165) is 11.1 Å². The number of benzene rings is 1. The zero-order valence-electron chi connectivity index (χ0n) is 10.5. The van der Waals surface area contributed by atoms with Crippen LogP contribution in [-0.2, 0) is 11.3 Å². The minimum Gasteiger partial charge on any atom is -0.481 e. The van der Waals surface area contributed by atoms with Crippen LogP contribution in [0, 0.1) is 0 Å². The summed E-state index contributed by atoms with van der Waals surface area (Å²) in [5.41, 5.74) is 1.56. The average Bonchev–Trinajstić information content (AvgIpc) is 2.41. The van der Waals surface area contributed by atoms with Gasteiger partial charge in [-0.2, -0.15) is 0 Å². The van der Waals surface area contributed by atoms with Crippen molar-refractivity contribution in [3.05, 3.63) is 64.3 Å². The van der Waals surface area contributed by atoms with Crippen LogP contribution in [0.1, 0.15) is 24.0 Å². The molecule has 19 heavy (non-hydrogen) atoms. The van der Waals surface area contributed by atoms with E-state index in [1.54, 1.807) is 19.1 Å². The molecule has 1 aromatic heterocycles. The molecule has 0 bridgehead atoms. The molecular weight excluding hydrogens is 244 g/mol. The van der Waals surface area contributed by atoms with E-state index in [4.69, 9.17) is 5.11 Å². The number of aromatic nitrogens is 2. The molecule has 1 unspecified atom stereocenters. The lowest BCUT2D eigenvalue weighted by atomic mass is 10.00. The zero-order chi connectivity index (χ0) is 13.8. The van der Waals surface area contributed by atoms with Crippen molar-refractivity contribution >= 4 is 5.97 Å². The highest BCUT2D eigenvalue weighted by molar-refractivity contribution is 5.75. The highest BCUT2D eigenvalue weighted by Crippen LogP contribution is 2.16. The quantitative estimate of drug-likeness (QED) is 0.901. The lowest BCUT2D eigenvalue weighted by Crippen LogP contribution is -2.19. The molecular formula is C14H14N2O3. The molecule has 1 N–H and O–H groups in total. The summed E-state index contributed by atoms with van der Waals surface area (Å²) in [7, 11) is 0. The smallest absolute Gasteiger partial charge is 0.310 e. The predicted molar refractivity (Wildman–Crippen MR) is 70.1 cm³/mol. The summed E-state index contributed by atoms with van der Waals surface area (Å²) in [6.45, 7) is 2.07. The van der Waals surface area contributed by atoms with Gasteiger partial charge in [0.15, 0.2) is 0 Å². The van der Waals surface area contributed by atoms with Crippen molar-refractivity contribution in [3.8, 4) is 0 Å². The summed E-state index contributed by atoms with van der Waals surface area (Å²) in [5.74, 6) is -1.38. The van der Waals surface area contributed by atoms with Gasteiger partial charge in [-0.15, -0.1) is 0 Å². The SMILES string of the molecule is CC(C(=O)O)c1ccc(Cn2cnccc2=O)cc1. The summed E-state index contributed by atoms with van der Waals surface area (Å²) in [4.78, 5) is 26.3. The molecule has 1 aromatic carbocycles. The average molecular weight is 258 g/mol. The first-order valence-electron chi connectivity index (χ1n) is 5.90. The van der Waals surface area contributed by atoms with E-state index >= 15 is 0 Å². The Morgan fingerprint density at radius 2 is 2.00 bits per heavy atom. The fraction of sp³-hybridized carbons (Fsp3) is 0.214. The molecule has 0 amide bonds. The van der Waals surface area contributed by atoms with Crippen LogP contribution in [0.5, 0.6) is 0 Å². The second kappa shape index (κ2) is 5.48. The highest BCUT2D eigenvalue weighted by atomic mass is 16.4. The lowest BCUT2D eigenvalue weighted by molar-refractivity contribution is -0.138. The van der Waals surface area contributed by atoms with Crippen molar-refractivity contribution in [2.75, 3.05) is 0 Å². The van der Waals surface area contributed by atoms with Crippen LogP contribution in [0.25, 0.3) is 0 Å². The summed E-state index contributed by atoms with van der Waals surface area (Å²) >= 11 is 0. The third-order valence-corrected chi connectivity index (χ3v) is 3.00. The molecule has 5 heteroatoms. The second-order valence-corrected chi connectivity index (χ2v) is 4.35. The number of hydrogen-bond donors (Lipinski definition) is 1. The molecule has 0 spiro atoms. The first-order chi connectivity index (χ1) is 9.08. The van der Waals surface area contributed by atoms with Gasteiger partial charge in [-0.3, -0.25) is 14.2 Å². The summed E-state index contributed by atoms with van der Waals surface area (Å²) in [6, 6.07) is 8.61. The largest absolute Gasteiger partial charge is 0.481 e. The minimum atomic E-state index is -0.851. The highest BCUT2D eigenvalue weighted by Gasteiger charge is 2.12. The van der Waals surface area contributed by atoms with Gasteiger partial charge in [0, 0.05) is 12.3 Å². The molecule has 2 rings (SSSR count). The van der Waals surface area contributed by atoms with Gasteiger partial charge in [-0.1, -0.05) is 24.3 Å². The second-order valence-electron chi connectivity index (χ2n) is 4.35. The van der Waals surface area contributed by atoms with Gasteiger partial charge in [-0.25, -0.2) is 4.98 Å². The number of carboxylic acid groups (broad SMARTS) is 1. The van der Waals surface area contributed by atoms with Crippen molar-refractivity contribution < 1.29 is 9.90 Å². The maximum Gasteiger partial charge on any atom is 0.310 e. The van der Waals surface area contributed by atoms with E-state index in [1.807, 2.05) is 12.1 Å². The maximum atomic E-state index is 11.5. The monoisotopic (exact) mass is 258 g/mol. The third kappa shape index (κ3) is 3.07. The Hall–Kier alpha value is -2.43. The van der Waals surface area contributed by atoms with Gasteiger partial charge in [-0.05, 0) is 18.1 Å². The minimum absolute atomic E-state index is 0.113. The summed E-state index contributed by atoms with van der Waals surface area (Å²) in [6.07, 6.45) is 2.94. The number of aliphatic carboxylic acids is 1. The van der Waals surface area contributed by atoms with Crippen molar-refractivity contribution in [2.45, 2.75) is 19.4 Å². The maximum absolute atomic E-state index is 11.5. The van der Waals surface area contributed by atoms with Crippen LogP contribution in [0.2, 0.25) is 0 Å². The number of hydrogen-bond acceptors (Lipinski definition) is 3. The Kier molecular flexibility index (Phi) is 3.75. The van der Waals surface area contributed by atoms with Crippen LogP contribution in [0.15, 0.2) is 47.7 Å². The Labute approximate surface area is 110 Å². The first-order valence-corrected chi connectivity index (χ1v) is 5.90. The molecule has 0 saturated heterocycles. The van der Waals surface area contributed by atoms with Crippen molar-refractivity contribution in [1.82, 2.24) is 9.55 Å². The summed E-state index contributed by atoms with van der Waals surface area (Å²) < 4.78 is 1.50. The molecule has 0 fully saturated rings. The molecule has 1 atom stereocenters. The number of carbonyl (C=O) groups is 1. The van der Waals surface area contributed by atoms with Crippen molar-refractivity contribution in [3.63, 3.8) is 0 Å². The standard InChI is InChI=1S/C14H14N2O3/c1-10(14(18)19)12-4-2-11(3-5-12)8-16-9-15-7-6-13(16)17/h2-7,9-10H,8H2,1H3,(H,18,19). The van der Waals surface area contributed by atoms with E-state index in [9.17, 15) is 9.59 Å². The van der Waals surface area contributed by atoms with E-state index in [-0.39, 0.29) is 5.56 Å². The summed E-state index contributed by atoms with van der Waals surface area (Å²) in [5, 5.41) is 8.92. The topological polar surface area (TPSA) is 72.2 Å². The molecule has 0 aliphatic carbocycles. The zero-order valence-corrected chi connectivity index (χ0v) is 10.5. The van der Waals surface area contributed by atoms with Crippen LogP contribution in [0.4, 0.5) is 0 Å². The predicted octanol–water partition coefficient (Wildman–Crippen LogP) is 1.48. The molecule has 0 aliphatic heterocycles. The normalized spacial score (nSPS) is 12.1. The van der Waals surface area contributed by atoms with Gasteiger partial charge in [0.25, 0.3) is 5.56 Å². The van der Waals surface area contributed by atoms with Crippen LogP contribution in [-0.4, -0.2) is 20.6 Å². The van der Waals surface area contributed by atoms with Gasteiger partial charge in [0.1, 0.15) is 0 Å². The van der Waals surface area contributed by atoms with Gasteiger partial charge >= 0.3 is 5.97 Å². The van der Waals surface area contributed by atoms with Gasteiger partial charge < -0.3 is 5.11 Å². The number of rotatable bonds is 4. The Morgan fingerprint density at radius 3 is 2.58 bits per heavy atom. The van der Waals surface area contributed by atoms with Gasteiger partial charge in [0.2, 0.25) is 0 Å². The van der Waals surface area contributed by atoms with E-state index in [0.29, 0.717) is 6.54 Å². The Balaban J connectivity index is 2.18. The molecule has 0 aliphatic rings. The number of nitrogens with zero attached hydrogens (tertiary/aromatic N) is 2. The first kappa shape index (κ1) is 13.0. The number of carboxylic acids is 1. The Morgan fingerprint density at radius 1 is 1.32 bits per heavy atom. The van der Waals surface area contributed by atoms with Crippen LogP contribution >= 0.6 is 0 Å². The molecule has 0 radical (unpaired) electrons. The molecule has 5 nitrogen and oxygen atoms in total. The van der Waals surface area contributed by atoms with E-state index < -0.39 is 11.9 Å². The fourth-order valence-corrected chi connectivity index (χ4v) is 1.75.